The molecule has 2 rings (SSSR count). The van der Waals surface area contributed by atoms with E-state index in [2.05, 4.69) is 15.7 Å². The molecule has 5 nitrogen and oxygen atoms in total. The molecular formula is C15H17FN4O. The molecule has 0 fully saturated rings. The standard InChI is InChI=1S/C15H17FN4O/c1-2-13-7-11(8-14(19-13)20-17)15(21)18-9-10-4-3-5-12(16)6-10/h3-8H,2,9,17H2,1H3,(H,18,21)(H,19,20). The number of hydrogen-bond acceptors (Lipinski definition) is 4. The maximum atomic E-state index is 13.1. The summed E-state index contributed by atoms with van der Waals surface area (Å²) in [5.41, 5.74) is 4.37. The Morgan fingerprint density at radius 3 is 2.81 bits per heavy atom. The number of halogens is 1. The van der Waals surface area contributed by atoms with Crippen LogP contribution in [0.15, 0.2) is 36.4 Å². The molecule has 6 heteroatoms. The number of hydrazine groups is 1. The van der Waals surface area contributed by atoms with Gasteiger partial charge in [-0.2, -0.15) is 0 Å². The molecule has 0 aliphatic rings. The lowest BCUT2D eigenvalue weighted by molar-refractivity contribution is 0.0950. The second-order valence-corrected chi connectivity index (χ2v) is 4.54. The molecule has 2 aromatic rings. The van der Waals surface area contributed by atoms with Gasteiger partial charge in [-0.05, 0) is 36.2 Å². The number of nitrogen functional groups attached to an aromatic ring is 1. The number of benzene rings is 1. The van der Waals surface area contributed by atoms with Crippen molar-refractivity contribution in [3.63, 3.8) is 0 Å². The molecule has 0 spiro atoms. The summed E-state index contributed by atoms with van der Waals surface area (Å²) in [4.78, 5) is 16.4. The minimum atomic E-state index is -0.325. The second kappa shape index (κ2) is 6.81. The van der Waals surface area contributed by atoms with E-state index < -0.39 is 0 Å². The van der Waals surface area contributed by atoms with Crippen LogP contribution < -0.4 is 16.6 Å². The summed E-state index contributed by atoms with van der Waals surface area (Å²) >= 11 is 0. The number of aryl methyl sites for hydroxylation is 1. The Kier molecular flexibility index (Phi) is 4.84. The zero-order valence-electron chi connectivity index (χ0n) is 11.7. The van der Waals surface area contributed by atoms with Gasteiger partial charge < -0.3 is 10.7 Å². The van der Waals surface area contributed by atoms with E-state index in [9.17, 15) is 9.18 Å². The molecule has 0 unspecified atom stereocenters. The molecule has 1 amide bonds. The first kappa shape index (κ1) is 14.9. The molecule has 21 heavy (non-hydrogen) atoms. The van der Waals surface area contributed by atoms with Gasteiger partial charge in [0.05, 0.1) is 0 Å². The summed E-state index contributed by atoms with van der Waals surface area (Å²) in [5.74, 6) is 5.19. The van der Waals surface area contributed by atoms with Crippen molar-refractivity contribution in [3.05, 3.63) is 59.0 Å². The Bertz CT molecular complexity index is 623. The largest absolute Gasteiger partial charge is 0.348 e. The number of amides is 1. The summed E-state index contributed by atoms with van der Waals surface area (Å²) in [6, 6.07) is 9.38. The summed E-state index contributed by atoms with van der Waals surface area (Å²) in [6.07, 6.45) is 0.694. The predicted octanol–water partition coefficient (Wildman–Crippen LogP) is 2.00. The quantitative estimate of drug-likeness (QED) is 0.580. The van der Waals surface area contributed by atoms with Crippen molar-refractivity contribution in [1.82, 2.24) is 10.3 Å². The molecular weight excluding hydrogens is 271 g/mol. The van der Waals surface area contributed by atoms with Crippen molar-refractivity contribution in [3.8, 4) is 0 Å². The number of hydrogen-bond donors (Lipinski definition) is 3. The summed E-state index contributed by atoms with van der Waals surface area (Å²) in [6.45, 7) is 2.20. The molecule has 1 heterocycles. The van der Waals surface area contributed by atoms with Crippen molar-refractivity contribution < 1.29 is 9.18 Å². The van der Waals surface area contributed by atoms with Gasteiger partial charge in [-0.3, -0.25) is 4.79 Å². The highest BCUT2D eigenvalue weighted by molar-refractivity contribution is 5.94. The first-order valence-electron chi connectivity index (χ1n) is 6.62. The zero-order valence-corrected chi connectivity index (χ0v) is 11.7. The average molecular weight is 288 g/mol. The molecule has 0 saturated carbocycles. The zero-order chi connectivity index (χ0) is 15.2. The maximum absolute atomic E-state index is 13.1. The van der Waals surface area contributed by atoms with E-state index in [1.807, 2.05) is 6.92 Å². The molecule has 0 radical (unpaired) electrons. The molecule has 0 atom stereocenters. The Hall–Kier alpha value is -2.47. The molecule has 1 aromatic carbocycles. The lowest BCUT2D eigenvalue weighted by atomic mass is 10.1. The first-order chi connectivity index (χ1) is 10.1. The monoisotopic (exact) mass is 288 g/mol. The molecule has 4 N–H and O–H groups in total. The number of nitrogens with two attached hydrogens (primary N) is 1. The van der Waals surface area contributed by atoms with Crippen LogP contribution in [-0.2, 0) is 13.0 Å². The van der Waals surface area contributed by atoms with Crippen LogP contribution in [0.5, 0.6) is 0 Å². The van der Waals surface area contributed by atoms with Crippen molar-refractivity contribution >= 4 is 11.7 Å². The highest BCUT2D eigenvalue weighted by atomic mass is 19.1. The lowest BCUT2D eigenvalue weighted by Gasteiger charge is -2.09. The van der Waals surface area contributed by atoms with Crippen molar-refractivity contribution in [2.45, 2.75) is 19.9 Å². The fraction of sp³-hybridized carbons (Fsp3) is 0.200. The summed E-state index contributed by atoms with van der Waals surface area (Å²) in [5, 5.41) is 2.74. The Morgan fingerprint density at radius 1 is 1.33 bits per heavy atom. The smallest absolute Gasteiger partial charge is 0.251 e. The fourth-order valence-corrected chi connectivity index (χ4v) is 1.91. The van der Waals surface area contributed by atoms with E-state index in [0.717, 1.165) is 5.69 Å². The van der Waals surface area contributed by atoms with Gasteiger partial charge in [0.25, 0.3) is 5.91 Å². The topological polar surface area (TPSA) is 80.0 Å². The third-order valence-corrected chi connectivity index (χ3v) is 2.99. The van der Waals surface area contributed by atoms with Gasteiger partial charge in [-0.15, -0.1) is 0 Å². The SMILES string of the molecule is CCc1cc(C(=O)NCc2cccc(F)c2)cc(NN)n1. The van der Waals surface area contributed by atoms with E-state index >= 15 is 0 Å². The number of nitrogens with one attached hydrogen (secondary N) is 2. The number of aromatic nitrogens is 1. The first-order valence-corrected chi connectivity index (χ1v) is 6.62. The second-order valence-electron chi connectivity index (χ2n) is 4.54. The number of carbonyl (C=O) groups excluding carboxylic acids is 1. The average Bonchev–Trinajstić information content (AvgIpc) is 2.52. The van der Waals surface area contributed by atoms with Gasteiger partial charge in [0, 0.05) is 17.8 Å². The van der Waals surface area contributed by atoms with Gasteiger partial charge in [0.1, 0.15) is 11.6 Å². The van der Waals surface area contributed by atoms with E-state index in [-0.39, 0.29) is 18.3 Å². The molecule has 0 saturated heterocycles. The van der Waals surface area contributed by atoms with Crippen LogP contribution in [0.25, 0.3) is 0 Å². The van der Waals surface area contributed by atoms with Crippen molar-refractivity contribution in [2.75, 3.05) is 5.43 Å². The van der Waals surface area contributed by atoms with Gasteiger partial charge in [-0.25, -0.2) is 15.2 Å². The minimum Gasteiger partial charge on any atom is -0.348 e. The Morgan fingerprint density at radius 2 is 2.14 bits per heavy atom. The van der Waals surface area contributed by atoms with Gasteiger partial charge in [0.15, 0.2) is 0 Å². The van der Waals surface area contributed by atoms with Crippen LogP contribution in [0, 0.1) is 5.82 Å². The summed E-state index contributed by atoms with van der Waals surface area (Å²) in [7, 11) is 0. The van der Waals surface area contributed by atoms with Gasteiger partial charge >= 0.3 is 0 Å². The molecule has 0 aliphatic heterocycles. The van der Waals surface area contributed by atoms with Gasteiger partial charge in [0.2, 0.25) is 0 Å². The van der Waals surface area contributed by atoms with Crippen LogP contribution in [0.2, 0.25) is 0 Å². The number of rotatable bonds is 5. The maximum Gasteiger partial charge on any atom is 0.251 e. The number of carbonyl (C=O) groups is 1. The van der Waals surface area contributed by atoms with Crippen LogP contribution in [0.1, 0.15) is 28.5 Å². The Balaban J connectivity index is 2.09. The number of pyridine rings is 1. The van der Waals surface area contributed by atoms with Crippen LogP contribution in [-0.4, -0.2) is 10.9 Å². The van der Waals surface area contributed by atoms with Crippen molar-refractivity contribution in [1.29, 1.82) is 0 Å². The highest BCUT2D eigenvalue weighted by Gasteiger charge is 2.09. The third-order valence-electron chi connectivity index (χ3n) is 2.99. The predicted molar refractivity (Wildman–Crippen MR) is 79.0 cm³/mol. The van der Waals surface area contributed by atoms with E-state index in [1.54, 1.807) is 24.3 Å². The molecule has 110 valence electrons. The molecule has 1 aromatic heterocycles. The van der Waals surface area contributed by atoms with Crippen molar-refractivity contribution in [2.24, 2.45) is 5.84 Å². The van der Waals surface area contributed by atoms with E-state index in [0.29, 0.717) is 23.4 Å². The minimum absolute atomic E-state index is 0.256. The molecule has 0 bridgehead atoms. The lowest BCUT2D eigenvalue weighted by Crippen LogP contribution is -2.23. The van der Waals surface area contributed by atoms with Crippen LogP contribution >= 0.6 is 0 Å². The highest BCUT2D eigenvalue weighted by Crippen LogP contribution is 2.11. The van der Waals surface area contributed by atoms with Gasteiger partial charge in [-0.1, -0.05) is 19.1 Å². The number of nitrogens with zero attached hydrogens (tertiary/aromatic N) is 1. The normalized spacial score (nSPS) is 10.2. The molecule has 0 aliphatic carbocycles. The summed E-state index contributed by atoms with van der Waals surface area (Å²) < 4.78 is 13.1. The van der Waals surface area contributed by atoms with Crippen LogP contribution in [0.4, 0.5) is 10.2 Å². The fourth-order valence-electron chi connectivity index (χ4n) is 1.91. The van der Waals surface area contributed by atoms with E-state index in [4.69, 9.17) is 5.84 Å². The van der Waals surface area contributed by atoms with Crippen LogP contribution in [0.3, 0.4) is 0 Å². The Labute approximate surface area is 122 Å². The number of anilines is 1. The third kappa shape index (κ3) is 4.00. The van der Waals surface area contributed by atoms with E-state index in [1.165, 1.54) is 12.1 Å².